The van der Waals surface area contributed by atoms with Crippen LogP contribution in [0, 0.1) is 6.92 Å². The highest BCUT2D eigenvalue weighted by molar-refractivity contribution is 8.13. The molecule has 0 radical (unpaired) electrons. The van der Waals surface area contributed by atoms with Gasteiger partial charge in [-0.25, -0.2) is 13.4 Å². The molecule has 2 heterocycles. The molecular weight excluding hydrogens is 272 g/mol. The quantitative estimate of drug-likeness (QED) is 0.812. The van der Waals surface area contributed by atoms with E-state index >= 15 is 0 Å². The number of nitrogens with zero attached hydrogens (tertiary/aromatic N) is 2. The van der Waals surface area contributed by atoms with Crippen molar-refractivity contribution < 1.29 is 8.42 Å². The molecule has 0 aliphatic carbocycles. The van der Waals surface area contributed by atoms with Crippen molar-refractivity contribution in [3.63, 3.8) is 0 Å². The Balaban J connectivity index is 2.68. The third-order valence-corrected chi connectivity index (χ3v) is 4.14. The van der Waals surface area contributed by atoms with E-state index in [1.165, 1.54) is 0 Å². The van der Waals surface area contributed by atoms with Crippen molar-refractivity contribution in [2.24, 2.45) is 0 Å². The number of aromatic nitrogens is 2. The van der Waals surface area contributed by atoms with Crippen LogP contribution in [0.15, 0.2) is 23.4 Å². The van der Waals surface area contributed by atoms with E-state index in [2.05, 4.69) is 11.9 Å². The van der Waals surface area contributed by atoms with E-state index < -0.39 is 9.05 Å². The number of imidazole rings is 1. The van der Waals surface area contributed by atoms with Gasteiger partial charge in [-0.3, -0.25) is 4.40 Å². The molecule has 0 unspecified atom stereocenters. The lowest BCUT2D eigenvalue weighted by atomic mass is 10.2. The van der Waals surface area contributed by atoms with Crippen molar-refractivity contribution in [1.82, 2.24) is 9.38 Å². The minimum absolute atomic E-state index is 0.104. The van der Waals surface area contributed by atoms with Gasteiger partial charge in [0.2, 0.25) is 0 Å². The van der Waals surface area contributed by atoms with Crippen LogP contribution >= 0.6 is 10.7 Å². The van der Waals surface area contributed by atoms with Crippen LogP contribution in [-0.2, 0) is 15.5 Å². The zero-order chi connectivity index (χ0) is 13.3. The Kier molecular flexibility index (Phi) is 3.64. The summed E-state index contributed by atoms with van der Waals surface area (Å²) in [5.41, 5.74) is 2.21. The van der Waals surface area contributed by atoms with Gasteiger partial charge in [0.15, 0.2) is 5.03 Å². The first-order chi connectivity index (χ1) is 8.43. The Morgan fingerprint density at radius 3 is 2.78 bits per heavy atom. The predicted octanol–water partition coefficient (Wildman–Crippen LogP) is 2.91. The molecule has 6 heteroatoms. The topological polar surface area (TPSA) is 51.4 Å². The van der Waals surface area contributed by atoms with E-state index in [1.54, 1.807) is 10.6 Å². The van der Waals surface area contributed by atoms with Crippen LogP contribution in [0.4, 0.5) is 0 Å². The summed E-state index contributed by atoms with van der Waals surface area (Å²) in [5, 5.41) is 0.104. The lowest BCUT2D eigenvalue weighted by molar-refractivity contribution is 0.602. The molecule has 0 aliphatic heterocycles. The summed E-state index contributed by atoms with van der Waals surface area (Å²) in [7, 11) is 1.73. The van der Waals surface area contributed by atoms with Crippen LogP contribution in [-0.4, -0.2) is 17.8 Å². The van der Waals surface area contributed by atoms with Crippen molar-refractivity contribution in [2.75, 3.05) is 0 Å². The minimum Gasteiger partial charge on any atom is -0.289 e. The first-order valence-electron chi connectivity index (χ1n) is 5.85. The first-order valence-corrected chi connectivity index (χ1v) is 8.16. The Bertz CT molecular complexity index is 677. The molecule has 0 aromatic carbocycles. The monoisotopic (exact) mass is 286 g/mol. The molecule has 0 bridgehead atoms. The second-order valence-corrected chi connectivity index (χ2v) is 6.82. The summed E-state index contributed by atoms with van der Waals surface area (Å²) in [6, 6.07) is 3.69. The summed E-state index contributed by atoms with van der Waals surface area (Å²) < 4.78 is 24.9. The van der Waals surface area contributed by atoms with Crippen LogP contribution in [0.3, 0.4) is 0 Å². The van der Waals surface area contributed by atoms with Gasteiger partial charge in [-0.05, 0) is 37.5 Å². The molecule has 2 aromatic rings. The summed E-state index contributed by atoms with van der Waals surface area (Å²) in [6.45, 7) is 3.99. The third kappa shape index (κ3) is 2.52. The minimum atomic E-state index is -3.79. The molecule has 0 fully saturated rings. The van der Waals surface area contributed by atoms with E-state index in [0.717, 1.165) is 18.4 Å². The number of rotatable bonds is 4. The molecule has 4 nitrogen and oxygen atoms in total. The zero-order valence-electron chi connectivity index (χ0n) is 10.4. The molecule has 0 aliphatic rings. The fourth-order valence-corrected chi connectivity index (χ4v) is 3.25. The number of fused-ring (bicyclic) bond motifs is 1. The molecular formula is C12H15ClN2O2S. The second kappa shape index (κ2) is 4.90. The SMILES string of the molecule is CCCCc1nc2cc(C)ccn2c1S(=O)(=O)Cl. The molecule has 0 saturated heterocycles. The fraction of sp³-hybridized carbons (Fsp3) is 0.417. The van der Waals surface area contributed by atoms with Crippen molar-refractivity contribution >= 4 is 25.4 Å². The van der Waals surface area contributed by atoms with Crippen molar-refractivity contribution in [1.29, 1.82) is 0 Å². The Morgan fingerprint density at radius 1 is 1.44 bits per heavy atom. The lowest BCUT2D eigenvalue weighted by Gasteiger charge is -2.01. The summed E-state index contributed by atoms with van der Waals surface area (Å²) >= 11 is 0. The maximum absolute atomic E-state index is 11.7. The molecule has 0 atom stereocenters. The molecule has 0 saturated carbocycles. The third-order valence-electron chi connectivity index (χ3n) is 2.80. The van der Waals surface area contributed by atoms with Crippen LogP contribution < -0.4 is 0 Å². The average Bonchev–Trinajstić information content (AvgIpc) is 2.63. The number of unbranched alkanes of at least 4 members (excludes halogenated alkanes) is 1. The maximum Gasteiger partial charge on any atom is 0.279 e. The van der Waals surface area contributed by atoms with Gasteiger partial charge in [0.25, 0.3) is 9.05 Å². The van der Waals surface area contributed by atoms with Gasteiger partial charge in [-0.1, -0.05) is 13.3 Å². The summed E-state index contributed by atoms with van der Waals surface area (Å²) in [4.78, 5) is 4.38. The van der Waals surface area contributed by atoms with Crippen LogP contribution in [0.2, 0.25) is 0 Å². The number of aryl methyl sites for hydroxylation is 2. The van der Waals surface area contributed by atoms with Crippen LogP contribution in [0.1, 0.15) is 31.0 Å². The smallest absolute Gasteiger partial charge is 0.279 e. The molecule has 98 valence electrons. The highest BCUT2D eigenvalue weighted by atomic mass is 35.7. The second-order valence-electron chi connectivity index (χ2n) is 4.34. The standard InChI is InChI=1S/C12H15ClN2O2S/c1-3-4-5-10-12(18(13,16)17)15-7-6-9(2)8-11(15)14-10/h6-8H,3-5H2,1-2H3. The number of halogens is 1. The van der Waals surface area contributed by atoms with Gasteiger partial charge in [-0.2, -0.15) is 0 Å². The molecule has 2 aromatic heterocycles. The number of pyridine rings is 1. The Labute approximate surface area is 111 Å². The van der Waals surface area contributed by atoms with E-state index in [1.807, 2.05) is 19.1 Å². The fourth-order valence-electron chi connectivity index (χ4n) is 1.94. The number of hydrogen-bond donors (Lipinski definition) is 0. The van der Waals surface area contributed by atoms with E-state index in [4.69, 9.17) is 10.7 Å². The van der Waals surface area contributed by atoms with Crippen molar-refractivity contribution in [3.8, 4) is 0 Å². The lowest BCUT2D eigenvalue weighted by Crippen LogP contribution is -2.01. The van der Waals surface area contributed by atoms with Crippen molar-refractivity contribution in [3.05, 3.63) is 29.6 Å². The zero-order valence-corrected chi connectivity index (χ0v) is 11.9. The van der Waals surface area contributed by atoms with Gasteiger partial charge >= 0.3 is 0 Å². The Morgan fingerprint density at radius 2 is 2.17 bits per heavy atom. The van der Waals surface area contributed by atoms with E-state index in [-0.39, 0.29) is 5.03 Å². The van der Waals surface area contributed by atoms with Gasteiger partial charge in [0.1, 0.15) is 5.65 Å². The highest BCUT2D eigenvalue weighted by Gasteiger charge is 2.22. The van der Waals surface area contributed by atoms with Crippen molar-refractivity contribution in [2.45, 2.75) is 38.1 Å². The summed E-state index contributed by atoms with van der Waals surface area (Å²) in [5.74, 6) is 0. The largest absolute Gasteiger partial charge is 0.289 e. The van der Waals surface area contributed by atoms with Crippen LogP contribution in [0.5, 0.6) is 0 Å². The molecule has 0 amide bonds. The highest BCUT2D eigenvalue weighted by Crippen LogP contribution is 2.23. The van der Waals surface area contributed by atoms with Gasteiger partial charge in [0.05, 0.1) is 5.69 Å². The van der Waals surface area contributed by atoms with Gasteiger partial charge in [-0.15, -0.1) is 0 Å². The molecule has 0 N–H and O–H groups in total. The molecule has 0 spiro atoms. The first kappa shape index (κ1) is 13.4. The molecule has 18 heavy (non-hydrogen) atoms. The summed E-state index contributed by atoms with van der Waals surface area (Å²) in [6.07, 6.45) is 4.19. The van der Waals surface area contributed by atoms with E-state index in [0.29, 0.717) is 17.8 Å². The normalized spacial score (nSPS) is 12.2. The Hall–Kier alpha value is -1.07. The van der Waals surface area contributed by atoms with Gasteiger partial charge < -0.3 is 0 Å². The maximum atomic E-state index is 11.7. The van der Waals surface area contributed by atoms with E-state index in [9.17, 15) is 8.42 Å². The van der Waals surface area contributed by atoms with Crippen LogP contribution in [0.25, 0.3) is 5.65 Å². The van der Waals surface area contributed by atoms with Gasteiger partial charge in [0, 0.05) is 16.9 Å². The number of hydrogen-bond acceptors (Lipinski definition) is 3. The average molecular weight is 287 g/mol. The predicted molar refractivity (Wildman–Crippen MR) is 71.6 cm³/mol. The molecule has 2 rings (SSSR count).